The Bertz CT molecular complexity index is 492. The first-order valence-electron chi connectivity index (χ1n) is 6.17. The fourth-order valence-corrected chi connectivity index (χ4v) is 1.94. The Hall–Kier alpha value is -1.66. The minimum atomic E-state index is -0.520. The number of nitro groups is 1. The van der Waals surface area contributed by atoms with E-state index in [-0.39, 0.29) is 42.7 Å². The van der Waals surface area contributed by atoms with Gasteiger partial charge in [-0.2, -0.15) is 0 Å². The highest BCUT2D eigenvalue weighted by Gasteiger charge is 2.21. The van der Waals surface area contributed by atoms with Crippen molar-refractivity contribution in [2.75, 3.05) is 13.2 Å². The van der Waals surface area contributed by atoms with Crippen molar-refractivity contribution in [3.8, 4) is 0 Å². The molecule has 0 fully saturated rings. The van der Waals surface area contributed by atoms with Crippen LogP contribution < -0.4 is 0 Å². The van der Waals surface area contributed by atoms with Crippen LogP contribution in [0.15, 0.2) is 18.2 Å². The van der Waals surface area contributed by atoms with Gasteiger partial charge in [0, 0.05) is 30.6 Å². The Labute approximate surface area is 121 Å². The lowest BCUT2D eigenvalue weighted by atomic mass is 9.99. The van der Waals surface area contributed by atoms with Crippen molar-refractivity contribution >= 4 is 23.3 Å². The zero-order valence-electron chi connectivity index (χ0n) is 11.0. The Kier molecular flexibility index (Phi) is 6.41. The fourth-order valence-electron chi connectivity index (χ4n) is 1.70. The molecule has 0 saturated carbocycles. The fraction of sp³-hybridized carbons (Fsp3) is 0.462. The number of ether oxygens (including phenoxy) is 1. The molecule has 6 nitrogen and oxygen atoms in total. The molecule has 7 heteroatoms. The van der Waals surface area contributed by atoms with E-state index in [4.69, 9.17) is 16.3 Å². The van der Waals surface area contributed by atoms with E-state index in [1.54, 1.807) is 13.0 Å². The number of hydrogen-bond acceptors (Lipinski definition) is 5. The van der Waals surface area contributed by atoms with Gasteiger partial charge in [-0.05, 0) is 12.5 Å². The molecule has 1 N–H and O–H groups in total. The molecule has 110 valence electrons. The first-order chi connectivity index (χ1) is 9.49. The molecular formula is C13H16ClNO5. The maximum atomic E-state index is 11.1. The zero-order valence-corrected chi connectivity index (χ0v) is 11.8. The Morgan fingerprint density at radius 1 is 1.55 bits per heavy atom. The quantitative estimate of drug-likeness (QED) is 0.474. The predicted molar refractivity (Wildman–Crippen MR) is 73.6 cm³/mol. The van der Waals surface area contributed by atoms with Crippen LogP contribution in [0.2, 0.25) is 5.02 Å². The third-order valence-corrected chi connectivity index (χ3v) is 3.16. The van der Waals surface area contributed by atoms with Crippen LogP contribution in [0.4, 0.5) is 5.69 Å². The number of esters is 1. The second-order valence-corrected chi connectivity index (χ2v) is 4.69. The van der Waals surface area contributed by atoms with Gasteiger partial charge in [-0.1, -0.05) is 24.6 Å². The average molecular weight is 302 g/mol. The molecule has 0 radical (unpaired) electrons. The molecule has 0 aliphatic heterocycles. The minimum Gasteiger partial charge on any atom is -0.465 e. The molecule has 0 spiro atoms. The topological polar surface area (TPSA) is 89.7 Å². The van der Waals surface area contributed by atoms with Crippen molar-refractivity contribution in [1.82, 2.24) is 0 Å². The van der Waals surface area contributed by atoms with E-state index in [0.29, 0.717) is 5.56 Å². The number of aliphatic hydroxyl groups excluding tert-OH is 1. The van der Waals surface area contributed by atoms with Gasteiger partial charge in [0.25, 0.3) is 5.69 Å². The number of hydrogen-bond donors (Lipinski definition) is 1. The molecule has 1 unspecified atom stereocenters. The van der Waals surface area contributed by atoms with E-state index in [1.807, 2.05) is 0 Å². The van der Waals surface area contributed by atoms with Crippen molar-refractivity contribution in [1.29, 1.82) is 0 Å². The number of halogens is 1. The number of nitro benzene ring substituents is 1. The standard InChI is InChI=1S/C13H16ClNO5/c1-2-13(17)20-8-9(7-16)6-10-11(14)4-3-5-12(10)15(18)19/h3-5,9,16H,2,6-8H2,1H3. The normalized spacial score (nSPS) is 11.9. The van der Waals surface area contributed by atoms with Gasteiger partial charge in [-0.3, -0.25) is 14.9 Å². The number of carbonyl (C=O) groups is 1. The molecule has 0 aliphatic rings. The number of aliphatic hydroxyl groups is 1. The second-order valence-electron chi connectivity index (χ2n) is 4.28. The maximum Gasteiger partial charge on any atom is 0.305 e. The van der Waals surface area contributed by atoms with E-state index in [1.165, 1.54) is 12.1 Å². The van der Waals surface area contributed by atoms with Crippen molar-refractivity contribution in [3.63, 3.8) is 0 Å². The van der Waals surface area contributed by atoms with Gasteiger partial charge in [0.15, 0.2) is 0 Å². The monoisotopic (exact) mass is 301 g/mol. The highest BCUT2D eigenvalue weighted by molar-refractivity contribution is 6.31. The summed E-state index contributed by atoms with van der Waals surface area (Å²) in [6.07, 6.45) is 0.411. The summed E-state index contributed by atoms with van der Waals surface area (Å²) in [7, 11) is 0. The van der Waals surface area contributed by atoms with Gasteiger partial charge < -0.3 is 9.84 Å². The Morgan fingerprint density at radius 3 is 2.80 bits per heavy atom. The van der Waals surface area contributed by atoms with Crippen LogP contribution in [0.5, 0.6) is 0 Å². The van der Waals surface area contributed by atoms with Crippen molar-refractivity contribution in [2.24, 2.45) is 5.92 Å². The van der Waals surface area contributed by atoms with Gasteiger partial charge in [0.1, 0.15) is 0 Å². The summed E-state index contributed by atoms with van der Waals surface area (Å²) in [5, 5.41) is 20.5. The van der Waals surface area contributed by atoms with E-state index in [9.17, 15) is 20.0 Å². The minimum absolute atomic E-state index is 0.00551. The molecule has 1 atom stereocenters. The lowest BCUT2D eigenvalue weighted by molar-refractivity contribution is -0.385. The largest absolute Gasteiger partial charge is 0.465 e. The summed E-state index contributed by atoms with van der Waals surface area (Å²) in [5.41, 5.74) is 0.239. The molecule has 0 aromatic heterocycles. The molecule has 0 heterocycles. The van der Waals surface area contributed by atoms with Crippen molar-refractivity contribution < 1.29 is 19.6 Å². The van der Waals surface area contributed by atoms with Crippen LogP contribution in [0.25, 0.3) is 0 Å². The zero-order chi connectivity index (χ0) is 15.1. The van der Waals surface area contributed by atoms with Gasteiger partial charge in [0.2, 0.25) is 0 Å². The summed E-state index contributed by atoms with van der Waals surface area (Å²) in [6, 6.07) is 4.40. The molecule has 1 aromatic rings. The van der Waals surface area contributed by atoms with Crippen LogP contribution >= 0.6 is 11.6 Å². The molecule has 20 heavy (non-hydrogen) atoms. The molecule has 0 amide bonds. The Balaban J connectivity index is 2.84. The molecule has 1 aromatic carbocycles. The lowest BCUT2D eigenvalue weighted by Crippen LogP contribution is -2.19. The van der Waals surface area contributed by atoms with E-state index in [0.717, 1.165) is 0 Å². The molecule has 1 rings (SSSR count). The molecule has 0 saturated heterocycles. The average Bonchev–Trinajstić information content (AvgIpc) is 2.44. The van der Waals surface area contributed by atoms with Crippen LogP contribution in [0, 0.1) is 16.0 Å². The predicted octanol–water partition coefficient (Wildman–Crippen LogP) is 2.35. The van der Waals surface area contributed by atoms with Gasteiger partial charge in [-0.25, -0.2) is 0 Å². The number of nitrogens with zero attached hydrogens (tertiary/aromatic N) is 1. The lowest BCUT2D eigenvalue weighted by Gasteiger charge is -2.15. The first-order valence-corrected chi connectivity index (χ1v) is 6.55. The molecule has 0 aliphatic carbocycles. The highest BCUT2D eigenvalue weighted by atomic mass is 35.5. The van der Waals surface area contributed by atoms with Crippen LogP contribution in [-0.4, -0.2) is 29.2 Å². The Morgan fingerprint density at radius 2 is 2.25 bits per heavy atom. The molecule has 0 bridgehead atoms. The summed E-state index contributed by atoms with van der Waals surface area (Å²) in [4.78, 5) is 21.5. The SMILES string of the molecule is CCC(=O)OCC(CO)Cc1c(Cl)cccc1[N+](=O)[O-]. The summed E-state index contributed by atoms with van der Waals surface area (Å²) < 4.78 is 4.94. The third-order valence-electron chi connectivity index (χ3n) is 2.81. The third kappa shape index (κ3) is 4.47. The number of carbonyl (C=O) groups excluding carboxylic acids is 1. The van der Waals surface area contributed by atoms with Crippen LogP contribution in [0.1, 0.15) is 18.9 Å². The number of rotatable bonds is 7. The van der Waals surface area contributed by atoms with Crippen LogP contribution in [0.3, 0.4) is 0 Å². The van der Waals surface area contributed by atoms with Gasteiger partial charge in [0.05, 0.1) is 16.6 Å². The molecular weight excluding hydrogens is 286 g/mol. The van der Waals surface area contributed by atoms with Crippen molar-refractivity contribution in [2.45, 2.75) is 19.8 Å². The summed E-state index contributed by atoms with van der Waals surface area (Å²) >= 11 is 5.97. The van der Waals surface area contributed by atoms with Crippen molar-refractivity contribution in [3.05, 3.63) is 38.9 Å². The van der Waals surface area contributed by atoms with E-state index < -0.39 is 10.8 Å². The first kappa shape index (κ1) is 16.4. The summed E-state index contributed by atoms with van der Waals surface area (Å²) in [6.45, 7) is 1.42. The van der Waals surface area contributed by atoms with Crippen LogP contribution in [-0.2, 0) is 16.0 Å². The summed E-state index contributed by atoms with van der Waals surface area (Å²) in [5.74, 6) is -0.804. The maximum absolute atomic E-state index is 11.1. The van der Waals surface area contributed by atoms with Gasteiger partial charge in [-0.15, -0.1) is 0 Å². The smallest absolute Gasteiger partial charge is 0.305 e. The van der Waals surface area contributed by atoms with E-state index >= 15 is 0 Å². The second kappa shape index (κ2) is 7.81. The van der Waals surface area contributed by atoms with Gasteiger partial charge >= 0.3 is 5.97 Å². The van der Waals surface area contributed by atoms with E-state index in [2.05, 4.69) is 0 Å². The number of benzene rings is 1. The highest BCUT2D eigenvalue weighted by Crippen LogP contribution is 2.28.